The van der Waals surface area contributed by atoms with Gasteiger partial charge in [-0.25, -0.2) is 0 Å². The van der Waals surface area contributed by atoms with Gasteiger partial charge in [0.2, 0.25) is 0 Å². The molecular weight excluding hydrogens is 473 g/mol. The van der Waals surface area contributed by atoms with Gasteiger partial charge in [0, 0.05) is 22.0 Å². The molecule has 0 fully saturated rings. The molecule has 1 aromatic heterocycles. The van der Waals surface area contributed by atoms with Gasteiger partial charge < -0.3 is 9.30 Å². The molecule has 3 heterocycles. The number of nitrogens with zero attached hydrogens (tertiary/aromatic N) is 1. The molecule has 7 aromatic rings. The van der Waals surface area contributed by atoms with Crippen molar-refractivity contribution in [3.05, 3.63) is 133 Å². The Balaban J connectivity index is 1.45. The normalized spacial score (nSPS) is 12.8. The summed E-state index contributed by atoms with van der Waals surface area (Å²) in [6, 6.07) is 48.0. The maximum Gasteiger partial charge on any atom is 0.256 e. The number of hydrogen-bond donors (Lipinski definition) is 0. The average molecular weight is 495 g/mol. The third kappa shape index (κ3) is 2.82. The molecule has 39 heavy (non-hydrogen) atoms. The maximum absolute atomic E-state index is 6.92. The third-order valence-corrected chi connectivity index (χ3v) is 8.45. The molecular formula is C36H22BNO. The van der Waals surface area contributed by atoms with E-state index in [9.17, 15) is 0 Å². The first-order valence-corrected chi connectivity index (χ1v) is 13.5. The fraction of sp³-hybridized carbons (Fsp3) is 0. The van der Waals surface area contributed by atoms with Gasteiger partial charge in [-0.2, -0.15) is 0 Å². The Kier molecular flexibility index (Phi) is 4.17. The van der Waals surface area contributed by atoms with Crippen LogP contribution in [0.3, 0.4) is 0 Å². The van der Waals surface area contributed by atoms with Gasteiger partial charge in [-0.05, 0) is 57.3 Å². The van der Waals surface area contributed by atoms with Gasteiger partial charge in [0.05, 0.1) is 11.0 Å². The summed E-state index contributed by atoms with van der Waals surface area (Å²) >= 11 is 0. The van der Waals surface area contributed by atoms with Crippen molar-refractivity contribution in [2.24, 2.45) is 0 Å². The van der Waals surface area contributed by atoms with Crippen LogP contribution < -0.4 is 21.1 Å². The summed E-state index contributed by atoms with van der Waals surface area (Å²) < 4.78 is 9.38. The summed E-state index contributed by atoms with van der Waals surface area (Å²) in [4.78, 5) is 0. The van der Waals surface area contributed by atoms with Crippen molar-refractivity contribution < 1.29 is 4.74 Å². The molecule has 3 heteroatoms. The number of rotatable bonds is 2. The predicted molar refractivity (Wildman–Crippen MR) is 163 cm³/mol. The molecule has 0 saturated heterocycles. The van der Waals surface area contributed by atoms with E-state index in [1.165, 1.54) is 60.6 Å². The van der Waals surface area contributed by atoms with Crippen LogP contribution in [-0.4, -0.2) is 11.3 Å². The van der Waals surface area contributed by atoms with Crippen LogP contribution in [0, 0.1) is 0 Å². The first kappa shape index (κ1) is 21.0. The Hall–Kier alpha value is -5.02. The van der Waals surface area contributed by atoms with Crippen LogP contribution in [0.5, 0.6) is 11.5 Å². The van der Waals surface area contributed by atoms with Gasteiger partial charge >= 0.3 is 0 Å². The summed E-state index contributed by atoms with van der Waals surface area (Å²) in [5.74, 6) is 1.90. The molecule has 0 unspecified atom stereocenters. The van der Waals surface area contributed by atoms with E-state index in [2.05, 4.69) is 138 Å². The second-order valence-corrected chi connectivity index (χ2v) is 10.5. The molecule has 0 N–H and O–H groups in total. The molecule has 0 amide bonds. The second-order valence-electron chi connectivity index (χ2n) is 10.5. The van der Waals surface area contributed by atoms with E-state index in [0.717, 1.165) is 17.1 Å². The van der Waals surface area contributed by atoms with E-state index in [0.29, 0.717) is 0 Å². The Labute approximate surface area is 226 Å². The standard InChI is InChI=1S/C36H22BNO/c1-3-11-23(12-4-1)25-19-20-33-30(21-25)37-29-16-8-10-18-32(29)38-31-17-9-7-15-26(31)28-22-27(24-13-5-2-6-14-24)36(39-33)34(37)35(28)38/h1-22H. The highest BCUT2D eigenvalue weighted by molar-refractivity contribution is 6.99. The van der Waals surface area contributed by atoms with Crippen LogP contribution in [0.15, 0.2) is 133 Å². The zero-order valence-corrected chi connectivity index (χ0v) is 21.1. The molecule has 2 nitrogen and oxygen atoms in total. The Morgan fingerprint density at radius 3 is 2.10 bits per heavy atom. The fourth-order valence-electron chi connectivity index (χ4n) is 6.80. The zero-order chi connectivity index (χ0) is 25.5. The van der Waals surface area contributed by atoms with Crippen molar-refractivity contribution in [3.8, 4) is 39.4 Å². The van der Waals surface area contributed by atoms with Crippen molar-refractivity contribution in [2.75, 3.05) is 0 Å². The highest BCUT2D eigenvalue weighted by Crippen LogP contribution is 2.43. The van der Waals surface area contributed by atoms with Crippen molar-refractivity contribution in [1.82, 2.24) is 4.57 Å². The van der Waals surface area contributed by atoms with E-state index in [4.69, 9.17) is 4.74 Å². The van der Waals surface area contributed by atoms with Crippen molar-refractivity contribution in [1.29, 1.82) is 0 Å². The largest absolute Gasteiger partial charge is 0.458 e. The molecule has 0 spiro atoms. The molecule has 0 bridgehead atoms. The van der Waals surface area contributed by atoms with Crippen molar-refractivity contribution in [3.63, 3.8) is 0 Å². The van der Waals surface area contributed by atoms with E-state index in [1.54, 1.807) is 0 Å². The lowest BCUT2D eigenvalue weighted by molar-refractivity contribution is 0.489. The first-order valence-electron chi connectivity index (χ1n) is 13.5. The maximum atomic E-state index is 6.92. The third-order valence-electron chi connectivity index (χ3n) is 8.45. The minimum absolute atomic E-state index is 0.0755. The van der Waals surface area contributed by atoms with Gasteiger partial charge in [-0.1, -0.05) is 109 Å². The highest BCUT2D eigenvalue weighted by Gasteiger charge is 2.41. The number of para-hydroxylation sites is 2. The van der Waals surface area contributed by atoms with Gasteiger partial charge in [0.1, 0.15) is 11.5 Å². The lowest BCUT2D eigenvalue weighted by atomic mass is 9.34. The number of fused-ring (bicyclic) bond motifs is 8. The highest BCUT2D eigenvalue weighted by atomic mass is 16.5. The average Bonchev–Trinajstić information content (AvgIpc) is 3.35. The Bertz CT molecular complexity index is 2090. The Morgan fingerprint density at radius 1 is 0.538 bits per heavy atom. The van der Waals surface area contributed by atoms with Crippen LogP contribution in [0.1, 0.15) is 0 Å². The van der Waals surface area contributed by atoms with Gasteiger partial charge in [-0.3, -0.25) is 0 Å². The summed E-state index contributed by atoms with van der Waals surface area (Å²) in [5.41, 5.74) is 12.3. The predicted octanol–water partition coefficient (Wildman–Crippen LogP) is 7.05. The summed E-state index contributed by atoms with van der Waals surface area (Å²) in [6.45, 7) is 0.0755. The second kappa shape index (κ2) is 7.75. The fourth-order valence-corrected chi connectivity index (χ4v) is 6.80. The van der Waals surface area contributed by atoms with Crippen molar-refractivity contribution >= 4 is 44.9 Å². The topological polar surface area (TPSA) is 14.2 Å². The van der Waals surface area contributed by atoms with E-state index >= 15 is 0 Å². The number of benzene rings is 6. The number of ether oxygens (including phenoxy) is 1. The van der Waals surface area contributed by atoms with E-state index in [1.807, 2.05) is 0 Å². The molecule has 2 aliphatic heterocycles. The molecule has 9 rings (SSSR count). The van der Waals surface area contributed by atoms with Crippen LogP contribution in [0.4, 0.5) is 0 Å². The van der Waals surface area contributed by atoms with Gasteiger partial charge in [-0.15, -0.1) is 0 Å². The van der Waals surface area contributed by atoms with Gasteiger partial charge in [0.25, 0.3) is 6.71 Å². The SMILES string of the molecule is c1ccc(-c2ccc3c(c2)B2c4ccccc4-n4c5ccccc5c5cc(-c6ccccc6)c(c2c54)O3)cc1. The van der Waals surface area contributed by atoms with Gasteiger partial charge in [0.15, 0.2) is 0 Å². The van der Waals surface area contributed by atoms with Crippen LogP contribution >= 0.6 is 0 Å². The molecule has 6 aromatic carbocycles. The molecule has 0 atom stereocenters. The van der Waals surface area contributed by atoms with Crippen LogP contribution in [-0.2, 0) is 0 Å². The first-order chi connectivity index (χ1) is 19.4. The van der Waals surface area contributed by atoms with Crippen molar-refractivity contribution in [2.45, 2.75) is 0 Å². The number of hydrogen-bond acceptors (Lipinski definition) is 1. The van der Waals surface area contributed by atoms with E-state index < -0.39 is 0 Å². The lowest BCUT2D eigenvalue weighted by Crippen LogP contribution is -2.58. The van der Waals surface area contributed by atoms with Crippen LogP contribution in [0.25, 0.3) is 49.7 Å². The molecule has 180 valence electrons. The molecule has 0 radical (unpaired) electrons. The smallest absolute Gasteiger partial charge is 0.256 e. The monoisotopic (exact) mass is 495 g/mol. The summed E-state index contributed by atoms with van der Waals surface area (Å²) in [7, 11) is 0. The van der Waals surface area contributed by atoms with E-state index in [-0.39, 0.29) is 6.71 Å². The molecule has 0 saturated carbocycles. The quantitative estimate of drug-likeness (QED) is 0.235. The summed E-state index contributed by atoms with van der Waals surface area (Å²) in [5, 5.41) is 2.54. The minimum atomic E-state index is 0.0755. The molecule has 2 aliphatic rings. The molecule has 0 aliphatic carbocycles. The Morgan fingerprint density at radius 2 is 1.26 bits per heavy atom. The lowest BCUT2D eigenvalue weighted by Gasteiger charge is -2.34. The zero-order valence-electron chi connectivity index (χ0n) is 21.1. The minimum Gasteiger partial charge on any atom is -0.458 e. The summed E-state index contributed by atoms with van der Waals surface area (Å²) in [6.07, 6.45) is 0. The number of aromatic nitrogens is 1. The van der Waals surface area contributed by atoms with Crippen LogP contribution in [0.2, 0.25) is 0 Å².